The van der Waals surface area contributed by atoms with E-state index in [0.29, 0.717) is 12.5 Å². The minimum absolute atomic E-state index is 0.179. The molecule has 0 aromatic heterocycles. The van der Waals surface area contributed by atoms with Crippen molar-refractivity contribution < 1.29 is 14.6 Å². The second-order valence-electron chi connectivity index (χ2n) is 6.74. The van der Waals surface area contributed by atoms with Gasteiger partial charge < -0.3 is 14.7 Å². The molecule has 1 N–H and O–H groups in total. The van der Waals surface area contributed by atoms with Gasteiger partial charge in [-0.15, -0.1) is 0 Å². The predicted molar refractivity (Wildman–Crippen MR) is 78.5 cm³/mol. The van der Waals surface area contributed by atoms with Crippen molar-refractivity contribution in [1.29, 1.82) is 0 Å². The Hall–Kier alpha value is -0.770. The van der Waals surface area contributed by atoms with Crippen molar-refractivity contribution in [2.45, 2.75) is 70.9 Å². The number of carbonyl (C=O) groups excluding carboxylic acids is 1. The highest BCUT2D eigenvalue weighted by molar-refractivity contribution is 5.68. The molecule has 1 aliphatic heterocycles. The number of rotatable bonds is 3. The van der Waals surface area contributed by atoms with Gasteiger partial charge in [0.15, 0.2) is 0 Å². The number of hydrogen-bond acceptors (Lipinski definition) is 3. The van der Waals surface area contributed by atoms with Crippen LogP contribution in [0.2, 0.25) is 0 Å². The van der Waals surface area contributed by atoms with Gasteiger partial charge in [-0.3, -0.25) is 0 Å². The highest BCUT2D eigenvalue weighted by atomic mass is 16.6. The largest absolute Gasteiger partial charge is 0.449 e. The molecule has 0 spiro atoms. The Morgan fingerprint density at radius 2 is 1.90 bits per heavy atom. The zero-order valence-corrected chi connectivity index (χ0v) is 12.9. The molecule has 2 fully saturated rings. The van der Waals surface area contributed by atoms with Crippen LogP contribution in [0.15, 0.2) is 0 Å². The Balaban J connectivity index is 1.98. The smallest absolute Gasteiger partial charge is 0.410 e. The summed E-state index contributed by atoms with van der Waals surface area (Å²) < 4.78 is 5.40. The molecule has 4 heteroatoms. The fourth-order valence-electron chi connectivity index (χ4n) is 3.54. The predicted octanol–water partition coefficient (Wildman–Crippen LogP) is 3.18. The summed E-state index contributed by atoms with van der Waals surface area (Å²) in [6, 6.07) is 0.179. The van der Waals surface area contributed by atoms with Crippen LogP contribution in [0.4, 0.5) is 4.79 Å². The third kappa shape index (κ3) is 3.87. The number of hydrogen-bond donors (Lipinski definition) is 1. The third-order valence-electron chi connectivity index (χ3n) is 4.60. The number of aliphatic hydroxyl groups is 1. The van der Waals surface area contributed by atoms with Crippen LogP contribution in [0.1, 0.15) is 58.8 Å². The Morgan fingerprint density at radius 3 is 2.60 bits per heavy atom. The van der Waals surface area contributed by atoms with Gasteiger partial charge in [-0.25, -0.2) is 4.79 Å². The number of ether oxygens (including phenoxy) is 1. The average molecular weight is 283 g/mol. The van der Waals surface area contributed by atoms with Crippen molar-refractivity contribution in [2.24, 2.45) is 11.8 Å². The molecule has 1 amide bonds. The molecule has 116 valence electrons. The maximum Gasteiger partial charge on any atom is 0.410 e. The maximum atomic E-state index is 12.3. The van der Waals surface area contributed by atoms with E-state index in [1.807, 2.05) is 18.7 Å². The van der Waals surface area contributed by atoms with Gasteiger partial charge in [-0.1, -0.05) is 26.7 Å². The number of nitrogens with zero attached hydrogens (tertiary/aromatic N) is 1. The first-order chi connectivity index (χ1) is 9.59. The molecule has 1 saturated carbocycles. The SMILES string of the molecule is CC(C)COC(=O)N1CCCCC1C1CCCCC1O. The molecule has 0 radical (unpaired) electrons. The van der Waals surface area contributed by atoms with Gasteiger partial charge in [-0.05, 0) is 38.0 Å². The second kappa shape index (κ2) is 7.30. The summed E-state index contributed by atoms with van der Waals surface area (Å²) in [7, 11) is 0. The quantitative estimate of drug-likeness (QED) is 0.865. The zero-order valence-electron chi connectivity index (χ0n) is 12.9. The lowest BCUT2D eigenvalue weighted by Crippen LogP contribution is -2.51. The molecule has 2 rings (SSSR count). The van der Waals surface area contributed by atoms with Crippen molar-refractivity contribution >= 4 is 6.09 Å². The zero-order chi connectivity index (χ0) is 14.5. The molecular formula is C16H29NO3. The first-order valence-corrected chi connectivity index (χ1v) is 8.21. The fourth-order valence-corrected chi connectivity index (χ4v) is 3.54. The summed E-state index contributed by atoms with van der Waals surface area (Å²) in [6.45, 7) is 5.36. The van der Waals surface area contributed by atoms with Crippen LogP contribution in [0.3, 0.4) is 0 Å². The molecule has 0 bridgehead atoms. The van der Waals surface area contributed by atoms with Crippen LogP contribution >= 0.6 is 0 Å². The molecule has 1 aliphatic carbocycles. The normalized spacial score (nSPS) is 31.4. The molecule has 0 aromatic carbocycles. The van der Waals surface area contributed by atoms with E-state index in [0.717, 1.165) is 45.1 Å². The summed E-state index contributed by atoms with van der Waals surface area (Å²) >= 11 is 0. The monoisotopic (exact) mass is 283 g/mol. The molecular weight excluding hydrogens is 254 g/mol. The van der Waals surface area contributed by atoms with Crippen LogP contribution < -0.4 is 0 Å². The van der Waals surface area contributed by atoms with E-state index < -0.39 is 0 Å². The van der Waals surface area contributed by atoms with Gasteiger partial charge in [0.05, 0.1) is 12.7 Å². The fraction of sp³-hybridized carbons (Fsp3) is 0.938. The number of likely N-dealkylation sites (tertiary alicyclic amines) is 1. The van der Waals surface area contributed by atoms with E-state index in [1.165, 1.54) is 6.42 Å². The first kappa shape index (κ1) is 15.6. The van der Waals surface area contributed by atoms with Crippen molar-refractivity contribution in [2.75, 3.05) is 13.2 Å². The summed E-state index contributed by atoms with van der Waals surface area (Å²) in [6.07, 6.45) is 7.01. The van der Waals surface area contributed by atoms with Gasteiger partial charge in [0.25, 0.3) is 0 Å². The Morgan fingerprint density at radius 1 is 1.20 bits per heavy atom. The second-order valence-corrected chi connectivity index (χ2v) is 6.74. The Labute approximate surface area is 122 Å². The van der Waals surface area contributed by atoms with E-state index in [4.69, 9.17) is 4.74 Å². The number of aliphatic hydroxyl groups excluding tert-OH is 1. The van der Waals surface area contributed by atoms with Crippen LogP contribution in [0.5, 0.6) is 0 Å². The Bertz CT molecular complexity index is 319. The molecule has 1 saturated heterocycles. The Kier molecular flexibility index (Phi) is 5.70. The van der Waals surface area contributed by atoms with Gasteiger partial charge >= 0.3 is 6.09 Å². The van der Waals surface area contributed by atoms with Crippen molar-refractivity contribution in [1.82, 2.24) is 4.90 Å². The lowest BCUT2D eigenvalue weighted by molar-refractivity contribution is -0.00822. The molecule has 3 unspecified atom stereocenters. The van der Waals surface area contributed by atoms with Gasteiger partial charge in [0.2, 0.25) is 0 Å². The average Bonchev–Trinajstić information content (AvgIpc) is 2.45. The summed E-state index contributed by atoms with van der Waals surface area (Å²) in [5, 5.41) is 10.3. The van der Waals surface area contributed by atoms with E-state index in [1.54, 1.807) is 0 Å². The van der Waals surface area contributed by atoms with Gasteiger partial charge in [0, 0.05) is 18.5 Å². The molecule has 2 aliphatic rings. The highest BCUT2D eigenvalue weighted by Gasteiger charge is 2.38. The number of amides is 1. The summed E-state index contributed by atoms with van der Waals surface area (Å²) in [5.74, 6) is 0.609. The highest BCUT2D eigenvalue weighted by Crippen LogP contribution is 2.34. The van der Waals surface area contributed by atoms with Crippen LogP contribution in [-0.2, 0) is 4.74 Å². The van der Waals surface area contributed by atoms with E-state index in [9.17, 15) is 9.90 Å². The molecule has 4 nitrogen and oxygen atoms in total. The van der Waals surface area contributed by atoms with Crippen LogP contribution in [0, 0.1) is 11.8 Å². The topological polar surface area (TPSA) is 49.8 Å². The van der Waals surface area contributed by atoms with Gasteiger partial charge in [-0.2, -0.15) is 0 Å². The summed E-state index contributed by atoms with van der Waals surface area (Å²) in [5.41, 5.74) is 0. The maximum absolute atomic E-state index is 12.3. The van der Waals surface area contributed by atoms with Crippen molar-refractivity contribution in [3.63, 3.8) is 0 Å². The number of piperidine rings is 1. The van der Waals surface area contributed by atoms with E-state index in [2.05, 4.69) is 0 Å². The summed E-state index contributed by atoms with van der Waals surface area (Å²) in [4.78, 5) is 14.2. The molecule has 1 heterocycles. The van der Waals surface area contributed by atoms with Crippen LogP contribution in [-0.4, -0.2) is 41.4 Å². The van der Waals surface area contributed by atoms with Crippen LogP contribution in [0.25, 0.3) is 0 Å². The lowest BCUT2D eigenvalue weighted by Gasteiger charge is -2.43. The standard InChI is InChI=1S/C16H29NO3/c1-12(2)11-20-16(19)17-10-6-5-8-14(17)13-7-3-4-9-15(13)18/h12-15,18H,3-11H2,1-2H3. The molecule has 20 heavy (non-hydrogen) atoms. The number of carbonyl (C=O) groups is 1. The molecule has 3 atom stereocenters. The minimum atomic E-state index is -0.243. The minimum Gasteiger partial charge on any atom is -0.449 e. The van der Waals surface area contributed by atoms with Crippen molar-refractivity contribution in [3.8, 4) is 0 Å². The lowest BCUT2D eigenvalue weighted by atomic mass is 9.78. The van der Waals surface area contributed by atoms with Crippen molar-refractivity contribution in [3.05, 3.63) is 0 Å². The van der Waals surface area contributed by atoms with E-state index in [-0.39, 0.29) is 24.2 Å². The third-order valence-corrected chi connectivity index (χ3v) is 4.60. The molecule has 0 aromatic rings. The first-order valence-electron chi connectivity index (χ1n) is 8.21. The van der Waals surface area contributed by atoms with Gasteiger partial charge in [0.1, 0.15) is 0 Å². The van der Waals surface area contributed by atoms with E-state index >= 15 is 0 Å².